The zero-order valence-electron chi connectivity index (χ0n) is 6.30. The van der Waals surface area contributed by atoms with Crippen LogP contribution in [0, 0.1) is 6.92 Å². The molecule has 0 heterocycles. The second kappa shape index (κ2) is 3.85. The molecule has 0 unspecified atom stereocenters. The van der Waals surface area contributed by atoms with Crippen LogP contribution in [0.2, 0.25) is 0 Å². The summed E-state index contributed by atoms with van der Waals surface area (Å²) in [6.45, 7) is 2.50. The fraction of sp³-hybridized carbons (Fsp3) is 0.250. The fourth-order valence-electron chi connectivity index (χ4n) is 0.822. The van der Waals surface area contributed by atoms with Gasteiger partial charge in [0, 0.05) is 4.47 Å². The summed E-state index contributed by atoms with van der Waals surface area (Å²) in [5, 5.41) is 0. The molecular weight excluding hydrogens is 206 g/mol. The summed E-state index contributed by atoms with van der Waals surface area (Å²) in [7, 11) is 0. The van der Waals surface area contributed by atoms with Crippen molar-refractivity contribution in [3.05, 3.63) is 33.8 Å². The van der Waals surface area contributed by atoms with E-state index in [9.17, 15) is 0 Å². The standard InChI is InChI=1S/C8H10BrNO/c1-6-2-3-7(5-11-10)4-8(6)9/h2-4H,5,10H2,1H3. The van der Waals surface area contributed by atoms with E-state index in [1.54, 1.807) is 0 Å². The molecule has 60 valence electrons. The molecule has 0 aliphatic heterocycles. The van der Waals surface area contributed by atoms with E-state index in [1.807, 2.05) is 25.1 Å². The van der Waals surface area contributed by atoms with Crippen molar-refractivity contribution in [2.75, 3.05) is 0 Å². The SMILES string of the molecule is Cc1ccc(CON)cc1Br. The summed E-state index contributed by atoms with van der Waals surface area (Å²) >= 11 is 3.42. The maximum absolute atomic E-state index is 4.93. The van der Waals surface area contributed by atoms with Gasteiger partial charge in [0.1, 0.15) is 0 Å². The van der Waals surface area contributed by atoms with Gasteiger partial charge in [-0.3, -0.25) is 4.84 Å². The van der Waals surface area contributed by atoms with Crippen LogP contribution in [-0.2, 0) is 11.4 Å². The van der Waals surface area contributed by atoms with Gasteiger partial charge in [-0.15, -0.1) is 0 Å². The molecule has 0 atom stereocenters. The Labute approximate surface area is 74.4 Å². The minimum atomic E-state index is 0.457. The molecule has 0 saturated heterocycles. The zero-order chi connectivity index (χ0) is 8.27. The quantitative estimate of drug-likeness (QED) is 0.768. The van der Waals surface area contributed by atoms with Crippen LogP contribution in [0.5, 0.6) is 0 Å². The summed E-state index contributed by atoms with van der Waals surface area (Å²) in [5.74, 6) is 4.93. The van der Waals surface area contributed by atoms with Gasteiger partial charge in [-0.2, -0.15) is 0 Å². The number of rotatable bonds is 2. The Kier molecular flexibility index (Phi) is 3.05. The predicted octanol–water partition coefficient (Wildman–Crippen LogP) is 2.15. The Bertz CT molecular complexity index is 250. The van der Waals surface area contributed by atoms with E-state index in [4.69, 9.17) is 5.90 Å². The monoisotopic (exact) mass is 215 g/mol. The van der Waals surface area contributed by atoms with E-state index in [0.29, 0.717) is 6.61 Å². The number of hydrogen-bond donors (Lipinski definition) is 1. The first-order chi connectivity index (χ1) is 5.24. The molecule has 11 heavy (non-hydrogen) atoms. The number of nitrogens with two attached hydrogens (primary N) is 1. The van der Waals surface area contributed by atoms with Crippen molar-refractivity contribution < 1.29 is 4.84 Å². The molecule has 0 fully saturated rings. The smallest absolute Gasteiger partial charge is 0.0930 e. The van der Waals surface area contributed by atoms with Gasteiger partial charge >= 0.3 is 0 Å². The van der Waals surface area contributed by atoms with Gasteiger partial charge in [-0.25, -0.2) is 5.90 Å². The summed E-state index contributed by atoms with van der Waals surface area (Å²) in [6.07, 6.45) is 0. The van der Waals surface area contributed by atoms with Crippen LogP contribution in [0.15, 0.2) is 22.7 Å². The Morgan fingerprint density at radius 3 is 2.82 bits per heavy atom. The Morgan fingerprint density at radius 2 is 2.27 bits per heavy atom. The van der Waals surface area contributed by atoms with Crippen molar-refractivity contribution in [1.82, 2.24) is 0 Å². The minimum Gasteiger partial charge on any atom is -0.300 e. The van der Waals surface area contributed by atoms with Gasteiger partial charge in [-0.1, -0.05) is 28.1 Å². The second-order valence-electron chi connectivity index (χ2n) is 2.39. The van der Waals surface area contributed by atoms with E-state index < -0.39 is 0 Å². The Hall–Kier alpha value is -0.380. The molecule has 1 aromatic rings. The lowest BCUT2D eigenvalue weighted by Crippen LogP contribution is -1.98. The first-order valence-electron chi connectivity index (χ1n) is 3.30. The maximum atomic E-state index is 4.93. The molecule has 0 aliphatic carbocycles. The molecule has 3 heteroatoms. The van der Waals surface area contributed by atoms with Crippen LogP contribution in [0.3, 0.4) is 0 Å². The van der Waals surface area contributed by atoms with Gasteiger partial charge in [0.05, 0.1) is 6.61 Å². The number of halogens is 1. The third-order valence-electron chi connectivity index (χ3n) is 1.49. The van der Waals surface area contributed by atoms with Crippen molar-refractivity contribution >= 4 is 15.9 Å². The summed E-state index contributed by atoms with van der Waals surface area (Å²) in [6, 6.07) is 6.02. The van der Waals surface area contributed by atoms with Crippen LogP contribution in [-0.4, -0.2) is 0 Å². The zero-order valence-corrected chi connectivity index (χ0v) is 7.89. The molecule has 1 aromatic carbocycles. The highest BCUT2D eigenvalue weighted by molar-refractivity contribution is 9.10. The average Bonchev–Trinajstić information content (AvgIpc) is 1.98. The van der Waals surface area contributed by atoms with Crippen LogP contribution in [0.1, 0.15) is 11.1 Å². The molecule has 0 aromatic heterocycles. The molecule has 2 nitrogen and oxygen atoms in total. The van der Waals surface area contributed by atoms with Crippen LogP contribution in [0.4, 0.5) is 0 Å². The highest BCUT2D eigenvalue weighted by atomic mass is 79.9. The van der Waals surface area contributed by atoms with Crippen molar-refractivity contribution in [1.29, 1.82) is 0 Å². The van der Waals surface area contributed by atoms with Gasteiger partial charge in [0.2, 0.25) is 0 Å². The lowest BCUT2D eigenvalue weighted by Gasteiger charge is -2.01. The number of aryl methyl sites for hydroxylation is 1. The van der Waals surface area contributed by atoms with Crippen LogP contribution < -0.4 is 5.90 Å². The van der Waals surface area contributed by atoms with E-state index in [2.05, 4.69) is 20.8 Å². The van der Waals surface area contributed by atoms with E-state index in [1.165, 1.54) is 5.56 Å². The topological polar surface area (TPSA) is 35.2 Å². The highest BCUT2D eigenvalue weighted by Gasteiger charge is 1.95. The first kappa shape index (κ1) is 8.71. The predicted molar refractivity (Wildman–Crippen MR) is 47.9 cm³/mol. The summed E-state index contributed by atoms with van der Waals surface area (Å²) in [5.41, 5.74) is 2.29. The third kappa shape index (κ3) is 2.29. The number of benzene rings is 1. The van der Waals surface area contributed by atoms with Crippen LogP contribution in [0.25, 0.3) is 0 Å². The van der Waals surface area contributed by atoms with Crippen molar-refractivity contribution in [2.24, 2.45) is 5.90 Å². The van der Waals surface area contributed by atoms with E-state index >= 15 is 0 Å². The fourth-order valence-corrected chi connectivity index (χ4v) is 1.25. The lowest BCUT2D eigenvalue weighted by molar-refractivity contribution is 0.124. The van der Waals surface area contributed by atoms with Gasteiger partial charge in [-0.05, 0) is 24.1 Å². The Morgan fingerprint density at radius 1 is 1.55 bits per heavy atom. The van der Waals surface area contributed by atoms with E-state index in [-0.39, 0.29) is 0 Å². The van der Waals surface area contributed by atoms with Gasteiger partial charge in [0.25, 0.3) is 0 Å². The van der Waals surface area contributed by atoms with E-state index in [0.717, 1.165) is 10.0 Å². The molecule has 0 spiro atoms. The van der Waals surface area contributed by atoms with Gasteiger partial charge < -0.3 is 0 Å². The van der Waals surface area contributed by atoms with Crippen molar-refractivity contribution in [3.63, 3.8) is 0 Å². The molecule has 2 N–H and O–H groups in total. The van der Waals surface area contributed by atoms with Crippen LogP contribution >= 0.6 is 15.9 Å². The summed E-state index contributed by atoms with van der Waals surface area (Å²) < 4.78 is 1.09. The van der Waals surface area contributed by atoms with Gasteiger partial charge in [0.15, 0.2) is 0 Å². The highest BCUT2D eigenvalue weighted by Crippen LogP contribution is 2.17. The molecule has 0 amide bonds. The maximum Gasteiger partial charge on any atom is 0.0930 e. The third-order valence-corrected chi connectivity index (χ3v) is 2.34. The molecule has 0 bridgehead atoms. The molecule has 0 aliphatic rings. The van der Waals surface area contributed by atoms with Crippen molar-refractivity contribution in [3.8, 4) is 0 Å². The lowest BCUT2D eigenvalue weighted by atomic mass is 10.2. The molecule has 1 rings (SSSR count). The molecular formula is C8H10BrNO. The molecule has 0 radical (unpaired) electrons. The van der Waals surface area contributed by atoms with Crippen molar-refractivity contribution in [2.45, 2.75) is 13.5 Å². The summed E-state index contributed by atoms with van der Waals surface area (Å²) in [4.78, 5) is 4.50. The first-order valence-corrected chi connectivity index (χ1v) is 4.10. The normalized spacial score (nSPS) is 10.1. The molecule has 0 saturated carbocycles. The number of hydrogen-bond acceptors (Lipinski definition) is 2. The Balaban J connectivity index is 2.86. The largest absolute Gasteiger partial charge is 0.300 e. The minimum absolute atomic E-state index is 0.457. The second-order valence-corrected chi connectivity index (χ2v) is 3.25. The average molecular weight is 216 g/mol.